The van der Waals surface area contributed by atoms with Gasteiger partial charge in [0.25, 0.3) is 0 Å². The van der Waals surface area contributed by atoms with E-state index in [0.29, 0.717) is 13.0 Å². The molecule has 0 fully saturated rings. The van der Waals surface area contributed by atoms with E-state index in [1.54, 1.807) is 7.05 Å². The number of aromatic nitrogens is 1. The fourth-order valence-corrected chi connectivity index (χ4v) is 4.81. The molecule has 1 heterocycles. The van der Waals surface area contributed by atoms with Crippen LogP contribution in [-0.2, 0) is 13.0 Å². The number of nitrogens with zero attached hydrogens (tertiary/aromatic N) is 2. The number of ether oxygens (including phenoxy) is 1. The molecule has 3 rings (SSSR count). The highest BCUT2D eigenvalue weighted by molar-refractivity contribution is 8.00. The maximum atomic E-state index is 10.7. The lowest BCUT2D eigenvalue weighted by Gasteiger charge is -2.23. The van der Waals surface area contributed by atoms with Crippen molar-refractivity contribution in [3.05, 3.63) is 58.7 Å². The van der Waals surface area contributed by atoms with Crippen LogP contribution in [0.3, 0.4) is 0 Å². The van der Waals surface area contributed by atoms with Crippen LogP contribution >= 0.6 is 23.4 Å². The van der Waals surface area contributed by atoms with Crippen LogP contribution in [0.15, 0.2) is 52.4 Å². The number of benzene rings is 2. The van der Waals surface area contributed by atoms with Crippen molar-refractivity contribution in [1.82, 2.24) is 4.57 Å². The molecular weight excluding hydrogens is 428 g/mol. The van der Waals surface area contributed by atoms with Crippen LogP contribution < -0.4 is 4.74 Å². The van der Waals surface area contributed by atoms with Crippen molar-refractivity contribution >= 4 is 40.7 Å². The third-order valence-electron chi connectivity index (χ3n) is 4.65. The molecule has 0 aliphatic carbocycles. The van der Waals surface area contributed by atoms with Gasteiger partial charge in [-0.15, -0.1) is 11.8 Å². The second kappa shape index (κ2) is 9.27. The number of halogens is 1. The Hall–Kier alpha value is -1.95. The molecule has 0 saturated heterocycles. The van der Waals surface area contributed by atoms with Crippen molar-refractivity contribution in [3.63, 3.8) is 0 Å². The fraction of sp³-hybridized carbons (Fsp3) is 0.400. The first-order chi connectivity index (χ1) is 14.5. The number of hydrogen-bond donors (Lipinski definition) is 1. The van der Waals surface area contributed by atoms with Crippen LogP contribution in [0.25, 0.3) is 10.9 Å². The second-order valence-electron chi connectivity index (χ2n) is 9.35. The van der Waals surface area contributed by atoms with Gasteiger partial charge in [0.1, 0.15) is 5.75 Å². The summed E-state index contributed by atoms with van der Waals surface area (Å²) in [6.45, 7) is 11.0. The van der Waals surface area contributed by atoms with Crippen molar-refractivity contribution < 1.29 is 9.84 Å². The van der Waals surface area contributed by atoms with Crippen LogP contribution in [0.2, 0.25) is 5.02 Å². The van der Waals surface area contributed by atoms with E-state index >= 15 is 0 Å². The van der Waals surface area contributed by atoms with Crippen LogP contribution in [0.1, 0.15) is 45.9 Å². The third kappa shape index (κ3) is 6.28. The number of thioether (sulfide) groups is 1. The molecule has 1 N–H and O–H groups in total. The van der Waals surface area contributed by atoms with E-state index in [1.807, 2.05) is 55.9 Å². The summed E-state index contributed by atoms with van der Waals surface area (Å²) in [6, 6.07) is 14.0. The van der Waals surface area contributed by atoms with Gasteiger partial charge >= 0.3 is 0 Å². The molecule has 166 valence electrons. The molecule has 0 saturated carbocycles. The van der Waals surface area contributed by atoms with Gasteiger partial charge in [-0.1, -0.05) is 44.5 Å². The zero-order valence-corrected chi connectivity index (χ0v) is 20.6. The molecule has 1 aromatic heterocycles. The van der Waals surface area contributed by atoms with Gasteiger partial charge in [-0.05, 0) is 49.7 Å². The van der Waals surface area contributed by atoms with E-state index in [-0.39, 0.29) is 4.75 Å². The minimum Gasteiger partial charge on any atom is -0.446 e. The topological polar surface area (TPSA) is 46.8 Å². The minimum absolute atomic E-state index is 0.00940. The maximum Gasteiger partial charge on any atom is 0.176 e. The molecule has 0 atom stereocenters. The van der Waals surface area contributed by atoms with Gasteiger partial charge in [-0.2, -0.15) is 0 Å². The van der Waals surface area contributed by atoms with Crippen LogP contribution in [0.5, 0.6) is 5.75 Å². The quantitative estimate of drug-likeness (QED) is 0.247. The molecule has 0 aliphatic rings. The number of hydrogen-bond acceptors (Lipinski definition) is 4. The summed E-state index contributed by atoms with van der Waals surface area (Å²) in [5.74, 6) is 0.743. The van der Waals surface area contributed by atoms with Crippen LogP contribution in [-0.4, -0.2) is 33.5 Å². The molecule has 0 bridgehead atoms. The molecule has 0 aliphatic heterocycles. The Bertz CT molecular complexity index is 1070. The number of rotatable bonds is 7. The summed E-state index contributed by atoms with van der Waals surface area (Å²) >= 11 is 7.92. The first kappa shape index (κ1) is 23.7. The molecule has 31 heavy (non-hydrogen) atoms. The van der Waals surface area contributed by atoms with Gasteiger partial charge in [0.05, 0.1) is 5.60 Å². The van der Waals surface area contributed by atoms with Gasteiger partial charge in [0, 0.05) is 51.3 Å². The van der Waals surface area contributed by atoms with Gasteiger partial charge in [-0.3, -0.25) is 4.99 Å². The Morgan fingerprint density at radius 1 is 1.10 bits per heavy atom. The van der Waals surface area contributed by atoms with Crippen LogP contribution in [0.4, 0.5) is 0 Å². The molecule has 0 spiro atoms. The molecule has 0 unspecified atom stereocenters. The Kier molecular flexibility index (Phi) is 7.09. The Morgan fingerprint density at radius 3 is 2.35 bits per heavy atom. The normalized spacial score (nSPS) is 12.8. The molecule has 2 aromatic carbocycles. The average Bonchev–Trinajstić information content (AvgIpc) is 2.91. The second-order valence-corrected chi connectivity index (χ2v) is 11.6. The molecule has 0 amide bonds. The number of aliphatic imine (C=N–C) groups is 1. The van der Waals surface area contributed by atoms with Gasteiger partial charge in [0.15, 0.2) is 6.40 Å². The first-order valence-corrected chi connectivity index (χ1v) is 11.5. The summed E-state index contributed by atoms with van der Waals surface area (Å²) in [5, 5.41) is 12.6. The lowest BCUT2D eigenvalue weighted by Crippen LogP contribution is -2.24. The summed E-state index contributed by atoms with van der Waals surface area (Å²) in [4.78, 5) is 5.10. The van der Waals surface area contributed by atoms with E-state index in [1.165, 1.54) is 11.3 Å². The Labute approximate surface area is 194 Å². The van der Waals surface area contributed by atoms with E-state index in [0.717, 1.165) is 32.9 Å². The minimum atomic E-state index is -0.840. The van der Waals surface area contributed by atoms with Crippen LogP contribution in [0, 0.1) is 0 Å². The molecule has 0 radical (unpaired) electrons. The predicted octanol–water partition coefficient (Wildman–Crippen LogP) is 6.58. The Morgan fingerprint density at radius 2 is 1.77 bits per heavy atom. The summed E-state index contributed by atoms with van der Waals surface area (Å²) in [7, 11) is 1.68. The molecule has 6 heteroatoms. The monoisotopic (exact) mass is 458 g/mol. The average molecular weight is 459 g/mol. The third-order valence-corrected chi connectivity index (χ3v) is 6.17. The highest BCUT2D eigenvalue weighted by Gasteiger charge is 2.27. The van der Waals surface area contributed by atoms with Gasteiger partial charge < -0.3 is 14.4 Å². The predicted molar refractivity (Wildman–Crippen MR) is 133 cm³/mol. The SMILES string of the molecule is C/N=C/Oc1ccc2c(c1)c(SC(C)(C)C)c(CC(C)(C)O)n2Cc1ccc(Cl)cc1. The first-order valence-electron chi connectivity index (χ1n) is 10.3. The summed E-state index contributed by atoms with van der Waals surface area (Å²) in [6.07, 6.45) is 1.99. The zero-order valence-electron chi connectivity index (χ0n) is 19.1. The number of aliphatic hydroxyl groups is 1. The van der Waals surface area contributed by atoms with Crippen molar-refractivity contribution in [1.29, 1.82) is 0 Å². The Balaban J connectivity index is 2.24. The van der Waals surface area contributed by atoms with E-state index in [2.05, 4.69) is 42.5 Å². The summed E-state index contributed by atoms with van der Waals surface area (Å²) in [5.41, 5.74) is 2.55. The van der Waals surface area contributed by atoms with Gasteiger partial charge in [-0.25, -0.2) is 0 Å². The molecule has 4 nitrogen and oxygen atoms in total. The van der Waals surface area contributed by atoms with Crippen molar-refractivity contribution in [3.8, 4) is 5.75 Å². The largest absolute Gasteiger partial charge is 0.446 e. The zero-order chi connectivity index (χ0) is 22.8. The van der Waals surface area contributed by atoms with Gasteiger partial charge in [0.2, 0.25) is 0 Å². The lowest BCUT2D eigenvalue weighted by atomic mass is 10.0. The standard InChI is InChI=1S/C25H31ClN2O2S/c1-24(2,3)31-23-20-13-19(30-16-27-6)11-12-21(20)28(22(23)14-25(4,5)29)15-17-7-9-18(26)10-8-17/h7-13,16,29H,14-15H2,1-6H3/b27-16+. The van der Waals surface area contributed by atoms with E-state index in [9.17, 15) is 5.11 Å². The highest BCUT2D eigenvalue weighted by Crippen LogP contribution is 2.43. The lowest BCUT2D eigenvalue weighted by molar-refractivity contribution is 0.0785. The van der Waals surface area contributed by atoms with Crippen molar-refractivity contribution in [2.24, 2.45) is 4.99 Å². The summed E-state index contributed by atoms with van der Waals surface area (Å²) < 4.78 is 7.97. The van der Waals surface area contributed by atoms with Crippen molar-refractivity contribution in [2.45, 2.75) is 62.8 Å². The highest BCUT2D eigenvalue weighted by atomic mass is 35.5. The van der Waals surface area contributed by atoms with Crippen molar-refractivity contribution in [2.75, 3.05) is 7.05 Å². The maximum absolute atomic E-state index is 10.7. The fourth-order valence-electron chi connectivity index (χ4n) is 3.50. The molecular formula is C25H31ClN2O2S. The van der Waals surface area contributed by atoms with E-state index < -0.39 is 5.60 Å². The molecule has 3 aromatic rings. The van der Waals surface area contributed by atoms with E-state index in [4.69, 9.17) is 16.3 Å². The smallest absolute Gasteiger partial charge is 0.176 e. The number of fused-ring (bicyclic) bond motifs is 1.